The van der Waals surface area contributed by atoms with Crippen LogP contribution >= 0.6 is 0 Å². The zero-order valence-electron chi connectivity index (χ0n) is 6.61. The van der Waals surface area contributed by atoms with Gasteiger partial charge in [0.15, 0.2) is 5.75 Å². The lowest BCUT2D eigenvalue weighted by Gasteiger charge is -2.03. The minimum Gasteiger partial charge on any atom is -0.213 e. The van der Waals surface area contributed by atoms with Crippen LogP contribution in [0.1, 0.15) is 6.92 Å². The molecule has 0 rings (SSSR count). The van der Waals surface area contributed by atoms with Crippen LogP contribution in [0.15, 0.2) is 0 Å². The maximum Gasteiger partial charge on any atom is 0.225 e. The average Bonchev–Trinajstić information content (AvgIpc) is 2.00. The third kappa shape index (κ3) is 4.67. The summed E-state index contributed by atoms with van der Waals surface area (Å²) >= 11 is 0. The number of hydrogen-bond acceptors (Lipinski definition) is 4. The van der Waals surface area contributed by atoms with Crippen molar-refractivity contribution in [3.8, 4) is 12.1 Å². The van der Waals surface area contributed by atoms with Crippen molar-refractivity contribution < 1.29 is 8.42 Å². The number of nitriles is 2. The molecule has 0 radical (unpaired) electrons. The Hall–Kier alpha value is -1.11. The molecule has 6 heteroatoms. The van der Waals surface area contributed by atoms with Crippen molar-refractivity contribution in [1.82, 2.24) is 4.72 Å². The first kappa shape index (κ1) is 10.9. The monoisotopic (exact) mass is 187 g/mol. The molecular formula is C6H9N3O2S. The smallest absolute Gasteiger partial charge is 0.213 e. The largest absolute Gasteiger partial charge is 0.225 e. The van der Waals surface area contributed by atoms with Gasteiger partial charge < -0.3 is 0 Å². The van der Waals surface area contributed by atoms with Crippen LogP contribution in [0.2, 0.25) is 0 Å². The normalized spacial score (nSPS) is 12.9. The molecule has 1 N–H and O–H groups in total. The molecule has 0 saturated carbocycles. The molecule has 0 aromatic rings. The first-order chi connectivity index (χ1) is 5.52. The Kier molecular flexibility index (Phi) is 4.27. The highest BCUT2D eigenvalue weighted by Crippen LogP contribution is 1.90. The Bertz CT molecular complexity index is 309. The molecule has 0 amide bonds. The zero-order valence-corrected chi connectivity index (χ0v) is 7.43. The van der Waals surface area contributed by atoms with Crippen LogP contribution in [0.5, 0.6) is 0 Å². The van der Waals surface area contributed by atoms with Crippen molar-refractivity contribution in [3.63, 3.8) is 0 Å². The zero-order chi connectivity index (χ0) is 9.61. The second kappa shape index (κ2) is 4.70. The third-order valence-corrected chi connectivity index (χ3v) is 2.20. The third-order valence-electron chi connectivity index (χ3n) is 1.08. The Labute approximate surface area is 71.7 Å². The van der Waals surface area contributed by atoms with E-state index >= 15 is 0 Å². The molecule has 0 saturated heterocycles. The summed E-state index contributed by atoms with van der Waals surface area (Å²) < 4.78 is 23.8. The van der Waals surface area contributed by atoms with Crippen LogP contribution in [0.4, 0.5) is 0 Å². The van der Waals surface area contributed by atoms with Crippen molar-refractivity contribution in [2.45, 2.75) is 6.92 Å². The summed E-state index contributed by atoms with van der Waals surface area (Å²) in [7, 11) is -3.50. The molecule has 0 aromatic carbocycles. The van der Waals surface area contributed by atoms with Crippen LogP contribution in [-0.2, 0) is 10.0 Å². The molecule has 66 valence electrons. The van der Waals surface area contributed by atoms with Crippen molar-refractivity contribution in [3.05, 3.63) is 0 Å². The molecule has 0 aromatic heterocycles. The van der Waals surface area contributed by atoms with E-state index in [9.17, 15) is 8.42 Å². The van der Waals surface area contributed by atoms with E-state index in [0.717, 1.165) is 0 Å². The summed E-state index contributed by atoms with van der Waals surface area (Å²) in [5.41, 5.74) is 0. The van der Waals surface area contributed by atoms with Crippen LogP contribution in [0.25, 0.3) is 0 Å². The van der Waals surface area contributed by atoms with E-state index in [1.54, 1.807) is 6.92 Å². The highest BCUT2D eigenvalue weighted by Gasteiger charge is 2.10. The standard InChI is InChI=1S/C6H9N3O2S/c1-6(4-8)5-9-12(10,11)3-2-7/h6,9H,3,5H2,1H3. The van der Waals surface area contributed by atoms with Gasteiger partial charge in [0.2, 0.25) is 10.0 Å². The summed E-state index contributed by atoms with van der Waals surface area (Å²) in [5, 5.41) is 16.4. The molecule has 1 unspecified atom stereocenters. The molecule has 0 bridgehead atoms. The predicted molar refractivity (Wildman–Crippen MR) is 42.2 cm³/mol. The molecule has 0 fully saturated rings. The summed E-state index contributed by atoms with van der Waals surface area (Å²) in [6.45, 7) is 1.65. The Morgan fingerprint density at radius 3 is 2.50 bits per heavy atom. The number of nitrogens with zero attached hydrogens (tertiary/aromatic N) is 2. The number of nitrogens with one attached hydrogen (secondary N) is 1. The fourth-order valence-electron chi connectivity index (χ4n) is 0.434. The van der Waals surface area contributed by atoms with Crippen molar-refractivity contribution in [1.29, 1.82) is 10.5 Å². The minimum absolute atomic E-state index is 0.0561. The van der Waals surface area contributed by atoms with Gasteiger partial charge in [0.1, 0.15) is 0 Å². The first-order valence-electron chi connectivity index (χ1n) is 3.25. The SMILES string of the molecule is CC(C#N)CNS(=O)(=O)CC#N. The average molecular weight is 187 g/mol. The van der Waals surface area contributed by atoms with Crippen molar-refractivity contribution >= 4 is 10.0 Å². The van der Waals surface area contributed by atoms with Gasteiger partial charge in [0.05, 0.1) is 18.1 Å². The lowest BCUT2D eigenvalue weighted by Crippen LogP contribution is -2.29. The van der Waals surface area contributed by atoms with Gasteiger partial charge in [-0.15, -0.1) is 0 Å². The number of hydrogen-bond donors (Lipinski definition) is 1. The number of rotatable bonds is 4. The number of sulfonamides is 1. The summed E-state index contributed by atoms with van der Waals surface area (Å²) in [6.07, 6.45) is 0. The molecule has 0 aliphatic heterocycles. The van der Waals surface area contributed by atoms with E-state index in [-0.39, 0.29) is 12.5 Å². The fourth-order valence-corrected chi connectivity index (χ4v) is 1.21. The van der Waals surface area contributed by atoms with Gasteiger partial charge in [-0.1, -0.05) is 0 Å². The second-order valence-electron chi connectivity index (χ2n) is 2.30. The molecule has 0 aliphatic rings. The van der Waals surface area contributed by atoms with Crippen molar-refractivity contribution in [2.75, 3.05) is 12.3 Å². The van der Waals surface area contributed by atoms with Gasteiger partial charge >= 0.3 is 0 Å². The van der Waals surface area contributed by atoms with Crippen LogP contribution < -0.4 is 4.72 Å². The van der Waals surface area contributed by atoms with E-state index in [4.69, 9.17) is 10.5 Å². The Balaban J connectivity index is 3.97. The quantitative estimate of drug-likeness (QED) is 0.647. The van der Waals surface area contributed by atoms with E-state index in [2.05, 4.69) is 4.72 Å². The highest BCUT2D eigenvalue weighted by atomic mass is 32.2. The Morgan fingerprint density at radius 2 is 2.08 bits per heavy atom. The van der Waals surface area contributed by atoms with Crippen molar-refractivity contribution in [2.24, 2.45) is 5.92 Å². The maximum atomic E-state index is 10.8. The highest BCUT2D eigenvalue weighted by molar-refractivity contribution is 7.89. The van der Waals surface area contributed by atoms with E-state index in [1.807, 2.05) is 6.07 Å². The van der Waals surface area contributed by atoms with Gasteiger partial charge in [-0.2, -0.15) is 10.5 Å². The topological polar surface area (TPSA) is 93.8 Å². The lowest BCUT2D eigenvalue weighted by atomic mass is 10.2. The molecule has 0 aliphatic carbocycles. The molecular weight excluding hydrogens is 178 g/mol. The fraction of sp³-hybridized carbons (Fsp3) is 0.667. The predicted octanol–water partition coefficient (Wildman–Crippen LogP) is -0.411. The van der Waals surface area contributed by atoms with Crippen LogP contribution in [0.3, 0.4) is 0 Å². The summed E-state index contributed by atoms with van der Waals surface area (Å²) in [4.78, 5) is 0. The molecule has 5 nitrogen and oxygen atoms in total. The summed E-state index contributed by atoms with van der Waals surface area (Å²) in [6, 6.07) is 3.39. The van der Waals surface area contributed by atoms with Crippen LogP contribution in [-0.4, -0.2) is 20.7 Å². The molecule has 1 atom stereocenters. The van der Waals surface area contributed by atoms with Gasteiger partial charge in [0.25, 0.3) is 0 Å². The first-order valence-corrected chi connectivity index (χ1v) is 4.91. The van der Waals surface area contributed by atoms with E-state index in [1.165, 1.54) is 6.07 Å². The Morgan fingerprint density at radius 1 is 1.50 bits per heavy atom. The molecule has 12 heavy (non-hydrogen) atoms. The van der Waals surface area contributed by atoms with Gasteiger partial charge in [0, 0.05) is 6.54 Å². The van der Waals surface area contributed by atoms with E-state index in [0.29, 0.717) is 0 Å². The molecule has 0 spiro atoms. The second-order valence-corrected chi connectivity index (χ2v) is 4.10. The lowest BCUT2D eigenvalue weighted by molar-refractivity contribution is 0.576. The van der Waals surface area contributed by atoms with E-state index < -0.39 is 15.8 Å². The summed E-state index contributed by atoms with van der Waals surface area (Å²) in [5.74, 6) is -0.941. The van der Waals surface area contributed by atoms with Gasteiger partial charge in [-0.3, -0.25) is 0 Å². The molecule has 0 heterocycles. The minimum atomic E-state index is -3.50. The van der Waals surface area contributed by atoms with Crippen LogP contribution in [0, 0.1) is 28.6 Å². The van der Waals surface area contributed by atoms with Gasteiger partial charge in [-0.25, -0.2) is 13.1 Å². The maximum absolute atomic E-state index is 10.8. The van der Waals surface area contributed by atoms with Gasteiger partial charge in [-0.05, 0) is 6.92 Å².